The van der Waals surface area contributed by atoms with Gasteiger partial charge in [0.2, 0.25) is 0 Å². The molecule has 0 aliphatic carbocycles. The minimum Gasteiger partial charge on any atom is -0.489 e. The molecule has 1 fully saturated rings. The number of amides is 2. The Morgan fingerprint density at radius 3 is 2.25 bits per heavy atom. The van der Waals surface area contributed by atoms with Crippen LogP contribution in [0, 0.1) is 0 Å². The van der Waals surface area contributed by atoms with Crippen molar-refractivity contribution < 1.29 is 19.1 Å². The monoisotopic (exact) mass is 381 g/mol. The van der Waals surface area contributed by atoms with Gasteiger partial charge in [0.15, 0.2) is 6.10 Å². The number of cyclic esters (lactones) is 1. The van der Waals surface area contributed by atoms with E-state index in [4.69, 9.17) is 9.47 Å². The van der Waals surface area contributed by atoms with Crippen molar-refractivity contribution in [2.45, 2.75) is 57.7 Å². The minimum atomic E-state index is -0.619. The summed E-state index contributed by atoms with van der Waals surface area (Å²) in [5.74, 6) is 0.588. The van der Waals surface area contributed by atoms with Crippen LogP contribution >= 0.6 is 0 Å². The fraction of sp³-hybridized carbons (Fsp3) is 0.391. The third-order valence-corrected chi connectivity index (χ3v) is 4.87. The average molecular weight is 381 g/mol. The normalized spacial score (nSPS) is 15.9. The summed E-state index contributed by atoms with van der Waals surface area (Å²) >= 11 is 0. The fourth-order valence-corrected chi connectivity index (χ4v) is 3.27. The Morgan fingerprint density at radius 2 is 1.54 bits per heavy atom. The number of carbonyl (C=O) groups excluding carboxylic acids is 2. The van der Waals surface area contributed by atoms with Gasteiger partial charge in [-0.1, -0.05) is 61.7 Å². The summed E-state index contributed by atoms with van der Waals surface area (Å²) in [6, 6.07) is 18.5. The number of rotatable bonds is 11. The molecule has 0 spiro atoms. The first-order valence-electron chi connectivity index (χ1n) is 9.98. The van der Waals surface area contributed by atoms with Crippen LogP contribution in [0.4, 0.5) is 4.79 Å². The quantitative estimate of drug-likeness (QED) is 0.569. The van der Waals surface area contributed by atoms with E-state index in [-0.39, 0.29) is 5.91 Å². The van der Waals surface area contributed by atoms with Gasteiger partial charge in [-0.25, -0.2) is 4.79 Å². The first-order chi connectivity index (χ1) is 13.7. The zero-order valence-electron chi connectivity index (χ0n) is 16.1. The maximum absolute atomic E-state index is 11.4. The van der Waals surface area contributed by atoms with Gasteiger partial charge in [0.25, 0.3) is 5.91 Å². The van der Waals surface area contributed by atoms with Gasteiger partial charge in [0.1, 0.15) is 12.4 Å². The molecular formula is C23H27NO4. The van der Waals surface area contributed by atoms with Crippen LogP contribution in [0.25, 0.3) is 0 Å². The van der Waals surface area contributed by atoms with Crippen molar-refractivity contribution in [2.75, 3.05) is 0 Å². The molecule has 2 aromatic carbocycles. The fourth-order valence-electron chi connectivity index (χ4n) is 3.27. The van der Waals surface area contributed by atoms with Crippen molar-refractivity contribution in [2.24, 2.45) is 0 Å². The Kier molecular flexibility index (Phi) is 7.47. The van der Waals surface area contributed by atoms with Crippen LogP contribution in [0.2, 0.25) is 0 Å². The molecule has 5 heteroatoms. The molecule has 5 nitrogen and oxygen atoms in total. The number of aryl methyl sites for hydroxylation is 1. The molecule has 2 amide bonds. The minimum absolute atomic E-state index is 0.304. The molecule has 148 valence electrons. The number of hydrogen-bond acceptors (Lipinski definition) is 4. The second kappa shape index (κ2) is 10.5. The lowest BCUT2D eigenvalue weighted by atomic mass is 10.0. The van der Waals surface area contributed by atoms with Crippen molar-refractivity contribution in [3.05, 3.63) is 65.7 Å². The number of benzene rings is 2. The molecule has 1 aliphatic heterocycles. The molecule has 2 aromatic rings. The molecule has 3 rings (SSSR count). The zero-order chi connectivity index (χ0) is 19.6. The Bertz CT molecular complexity index is 758. The average Bonchev–Trinajstić information content (AvgIpc) is 3.04. The highest BCUT2D eigenvalue weighted by Crippen LogP contribution is 2.17. The molecule has 28 heavy (non-hydrogen) atoms. The molecule has 0 radical (unpaired) electrons. The van der Waals surface area contributed by atoms with Crippen molar-refractivity contribution in [1.29, 1.82) is 0 Å². The van der Waals surface area contributed by atoms with Crippen LogP contribution in [0.3, 0.4) is 0 Å². The third-order valence-electron chi connectivity index (χ3n) is 4.87. The van der Waals surface area contributed by atoms with Crippen LogP contribution in [0.5, 0.6) is 5.75 Å². The van der Waals surface area contributed by atoms with E-state index < -0.39 is 12.2 Å². The number of alkyl carbamates (subject to hydrolysis) is 1. The number of imide groups is 1. The number of ether oxygens (including phenoxy) is 2. The van der Waals surface area contributed by atoms with Crippen LogP contribution in [-0.4, -0.2) is 18.1 Å². The first kappa shape index (κ1) is 19.9. The Morgan fingerprint density at radius 1 is 0.821 bits per heavy atom. The lowest BCUT2D eigenvalue weighted by molar-refractivity contribution is -0.123. The van der Waals surface area contributed by atoms with E-state index in [1.165, 1.54) is 11.1 Å². The van der Waals surface area contributed by atoms with Gasteiger partial charge in [-0.15, -0.1) is 0 Å². The van der Waals surface area contributed by atoms with Crippen LogP contribution < -0.4 is 10.1 Å². The predicted molar refractivity (Wildman–Crippen MR) is 107 cm³/mol. The highest BCUT2D eigenvalue weighted by molar-refractivity contribution is 5.99. The van der Waals surface area contributed by atoms with Gasteiger partial charge in [-0.05, 0) is 48.9 Å². The van der Waals surface area contributed by atoms with Crippen LogP contribution in [0.15, 0.2) is 54.6 Å². The predicted octanol–water partition coefficient (Wildman–Crippen LogP) is 4.78. The molecule has 0 bridgehead atoms. The van der Waals surface area contributed by atoms with E-state index >= 15 is 0 Å². The van der Waals surface area contributed by atoms with Crippen molar-refractivity contribution in [3.63, 3.8) is 0 Å². The molecule has 0 saturated carbocycles. The lowest BCUT2D eigenvalue weighted by Crippen LogP contribution is -2.24. The topological polar surface area (TPSA) is 64.6 Å². The summed E-state index contributed by atoms with van der Waals surface area (Å²) < 4.78 is 10.7. The van der Waals surface area contributed by atoms with Crippen LogP contribution in [0.1, 0.15) is 49.7 Å². The summed E-state index contributed by atoms with van der Waals surface area (Å²) in [6.45, 7) is 0.585. The highest BCUT2D eigenvalue weighted by atomic mass is 16.6. The highest BCUT2D eigenvalue weighted by Gasteiger charge is 2.31. The van der Waals surface area contributed by atoms with Crippen LogP contribution in [-0.2, 0) is 22.6 Å². The standard InChI is InChI=1S/C23H27NO4/c25-22-21(28-23(26)24-22)12-8-3-1-2-5-9-18-13-15-20(16-14-18)27-17-19-10-6-4-7-11-19/h4,6-7,10-11,13-16,21H,1-3,5,8-9,12,17H2,(H,24,25,26). The Labute approximate surface area is 166 Å². The molecule has 1 heterocycles. The van der Waals surface area contributed by atoms with Gasteiger partial charge in [-0.2, -0.15) is 0 Å². The Hall–Kier alpha value is -2.82. The van der Waals surface area contributed by atoms with E-state index in [0.29, 0.717) is 13.0 Å². The number of unbranched alkanes of at least 4 members (excludes halogenated alkanes) is 4. The van der Waals surface area contributed by atoms with Gasteiger partial charge in [0, 0.05) is 0 Å². The summed E-state index contributed by atoms with van der Waals surface area (Å²) in [6.07, 6.45) is 5.84. The number of hydrogen-bond donors (Lipinski definition) is 1. The smallest absolute Gasteiger partial charge is 0.414 e. The summed E-state index contributed by atoms with van der Waals surface area (Å²) in [5.41, 5.74) is 2.49. The summed E-state index contributed by atoms with van der Waals surface area (Å²) in [4.78, 5) is 22.3. The maximum Gasteiger partial charge on any atom is 0.414 e. The first-order valence-corrected chi connectivity index (χ1v) is 9.98. The Balaban J connectivity index is 1.25. The molecule has 1 aliphatic rings. The molecule has 1 saturated heterocycles. The second-order valence-corrected chi connectivity index (χ2v) is 7.11. The number of carbonyl (C=O) groups is 2. The maximum atomic E-state index is 11.4. The van der Waals surface area contributed by atoms with Gasteiger partial charge >= 0.3 is 6.09 Å². The molecule has 1 N–H and O–H groups in total. The van der Waals surface area contributed by atoms with E-state index in [0.717, 1.165) is 44.3 Å². The van der Waals surface area contributed by atoms with Gasteiger partial charge in [-0.3, -0.25) is 10.1 Å². The van der Waals surface area contributed by atoms with Gasteiger partial charge < -0.3 is 9.47 Å². The largest absolute Gasteiger partial charge is 0.489 e. The van der Waals surface area contributed by atoms with Crippen molar-refractivity contribution >= 4 is 12.0 Å². The van der Waals surface area contributed by atoms with E-state index in [9.17, 15) is 9.59 Å². The second-order valence-electron chi connectivity index (χ2n) is 7.11. The zero-order valence-corrected chi connectivity index (χ0v) is 16.1. The van der Waals surface area contributed by atoms with E-state index in [2.05, 4.69) is 29.6 Å². The SMILES string of the molecule is O=C1NC(=O)C(CCCCCCCc2ccc(OCc3ccccc3)cc2)O1. The lowest BCUT2D eigenvalue weighted by Gasteiger charge is -2.08. The van der Waals surface area contributed by atoms with Crippen molar-refractivity contribution in [1.82, 2.24) is 5.32 Å². The van der Waals surface area contributed by atoms with E-state index in [1.807, 2.05) is 30.3 Å². The van der Waals surface area contributed by atoms with E-state index in [1.54, 1.807) is 0 Å². The van der Waals surface area contributed by atoms with Crippen molar-refractivity contribution in [3.8, 4) is 5.75 Å². The summed E-state index contributed by atoms with van der Waals surface area (Å²) in [7, 11) is 0. The third kappa shape index (κ3) is 6.41. The molecule has 1 atom stereocenters. The number of nitrogens with one attached hydrogen (secondary N) is 1. The molecule has 1 unspecified atom stereocenters. The van der Waals surface area contributed by atoms with Gasteiger partial charge in [0.05, 0.1) is 0 Å². The molecule has 0 aromatic heterocycles. The molecular weight excluding hydrogens is 354 g/mol. The summed E-state index contributed by atoms with van der Waals surface area (Å²) in [5, 5.41) is 2.16.